The van der Waals surface area contributed by atoms with Gasteiger partial charge in [0, 0.05) is 41.4 Å². The van der Waals surface area contributed by atoms with E-state index < -0.39 is 0 Å². The van der Waals surface area contributed by atoms with Crippen molar-refractivity contribution in [1.29, 1.82) is 0 Å². The summed E-state index contributed by atoms with van der Waals surface area (Å²) in [5.41, 5.74) is 0.822. The molecule has 1 aromatic carbocycles. The summed E-state index contributed by atoms with van der Waals surface area (Å²) < 4.78 is 1.17. The number of nitrogens with zero attached hydrogens (tertiary/aromatic N) is 2. The normalized spacial score (nSPS) is 21.4. The SMILES string of the molecule is O=C(c1ccc(I)cc1)N1CCCN(C2CCC2)CC1. The largest absolute Gasteiger partial charge is 0.337 e. The molecule has 0 radical (unpaired) electrons. The maximum absolute atomic E-state index is 12.5. The minimum Gasteiger partial charge on any atom is -0.337 e. The molecular formula is C16H21IN2O. The van der Waals surface area contributed by atoms with Crippen molar-refractivity contribution in [3.05, 3.63) is 33.4 Å². The van der Waals surface area contributed by atoms with Gasteiger partial charge in [0.1, 0.15) is 0 Å². The molecule has 0 atom stereocenters. The van der Waals surface area contributed by atoms with Crippen molar-refractivity contribution in [3.8, 4) is 0 Å². The van der Waals surface area contributed by atoms with Gasteiger partial charge in [-0.1, -0.05) is 6.42 Å². The van der Waals surface area contributed by atoms with E-state index in [1.54, 1.807) is 0 Å². The monoisotopic (exact) mass is 384 g/mol. The predicted octanol–water partition coefficient (Wildman–Crippen LogP) is 2.99. The molecule has 2 aliphatic rings. The molecule has 4 heteroatoms. The van der Waals surface area contributed by atoms with Crippen LogP contribution in [0.2, 0.25) is 0 Å². The van der Waals surface area contributed by atoms with Gasteiger partial charge >= 0.3 is 0 Å². The smallest absolute Gasteiger partial charge is 0.253 e. The third kappa shape index (κ3) is 3.17. The average Bonchev–Trinajstić information content (AvgIpc) is 2.63. The van der Waals surface area contributed by atoms with Crippen LogP contribution < -0.4 is 0 Å². The molecule has 1 aliphatic carbocycles. The molecule has 3 rings (SSSR count). The maximum atomic E-state index is 12.5. The number of hydrogen-bond donors (Lipinski definition) is 0. The summed E-state index contributed by atoms with van der Waals surface area (Å²) in [5.74, 6) is 0.192. The van der Waals surface area contributed by atoms with Crippen LogP contribution in [0.25, 0.3) is 0 Å². The number of hydrogen-bond acceptors (Lipinski definition) is 2. The Morgan fingerprint density at radius 3 is 2.40 bits per heavy atom. The van der Waals surface area contributed by atoms with E-state index in [0.29, 0.717) is 0 Å². The highest BCUT2D eigenvalue weighted by Crippen LogP contribution is 2.25. The van der Waals surface area contributed by atoms with E-state index >= 15 is 0 Å². The Labute approximate surface area is 134 Å². The van der Waals surface area contributed by atoms with Gasteiger partial charge in [-0.15, -0.1) is 0 Å². The summed E-state index contributed by atoms with van der Waals surface area (Å²) in [7, 11) is 0. The number of carbonyl (C=O) groups excluding carboxylic acids is 1. The maximum Gasteiger partial charge on any atom is 0.253 e. The Balaban J connectivity index is 1.62. The lowest BCUT2D eigenvalue weighted by molar-refractivity contribution is 0.0749. The van der Waals surface area contributed by atoms with Crippen LogP contribution >= 0.6 is 22.6 Å². The molecule has 1 saturated carbocycles. The third-order valence-corrected chi connectivity index (χ3v) is 5.22. The molecule has 2 fully saturated rings. The van der Waals surface area contributed by atoms with Crippen LogP contribution in [-0.2, 0) is 0 Å². The Bertz CT molecular complexity index is 470. The second-order valence-electron chi connectivity index (χ2n) is 5.77. The second-order valence-corrected chi connectivity index (χ2v) is 7.02. The van der Waals surface area contributed by atoms with Crippen molar-refractivity contribution in [2.75, 3.05) is 26.2 Å². The van der Waals surface area contributed by atoms with Crippen molar-refractivity contribution < 1.29 is 4.79 Å². The molecule has 1 saturated heterocycles. The molecule has 20 heavy (non-hydrogen) atoms. The molecule has 0 aromatic heterocycles. The fourth-order valence-electron chi connectivity index (χ4n) is 3.03. The van der Waals surface area contributed by atoms with Crippen LogP contribution in [0.4, 0.5) is 0 Å². The molecule has 1 heterocycles. The van der Waals surface area contributed by atoms with Crippen LogP contribution in [0.1, 0.15) is 36.0 Å². The van der Waals surface area contributed by atoms with Crippen LogP contribution in [-0.4, -0.2) is 47.9 Å². The van der Waals surface area contributed by atoms with E-state index in [1.807, 2.05) is 29.2 Å². The van der Waals surface area contributed by atoms with Crippen molar-refractivity contribution >= 4 is 28.5 Å². The quantitative estimate of drug-likeness (QED) is 0.732. The summed E-state index contributed by atoms with van der Waals surface area (Å²) in [6, 6.07) is 8.69. The van der Waals surface area contributed by atoms with E-state index in [1.165, 1.54) is 22.8 Å². The predicted molar refractivity (Wildman–Crippen MR) is 88.9 cm³/mol. The zero-order chi connectivity index (χ0) is 13.9. The van der Waals surface area contributed by atoms with Gasteiger partial charge in [-0.3, -0.25) is 9.69 Å². The lowest BCUT2D eigenvalue weighted by Crippen LogP contribution is -2.42. The summed E-state index contributed by atoms with van der Waals surface area (Å²) in [6.07, 6.45) is 5.19. The minimum absolute atomic E-state index is 0.192. The average molecular weight is 384 g/mol. The zero-order valence-corrected chi connectivity index (χ0v) is 13.9. The number of rotatable bonds is 2. The first-order chi connectivity index (χ1) is 9.74. The van der Waals surface area contributed by atoms with Crippen molar-refractivity contribution in [2.45, 2.75) is 31.7 Å². The highest BCUT2D eigenvalue weighted by atomic mass is 127. The first-order valence-corrected chi connectivity index (χ1v) is 8.61. The van der Waals surface area contributed by atoms with E-state index in [2.05, 4.69) is 27.5 Å². The van der Waals surface area contributed by atoms with Crippen LogP contribution in [0.5, 0.6) is 0 Å². The van der Waals surface area contributed by atoms with Crippen molar-refractivity contribution in [2.24, 2.45) is 0 Å². The van der Waals surface area contributed by atoms with Gasteiger partial charge in [-0.05, 0) is 66.1 Å². The molecule has 3 nitrogen and oxygen atoms in total. The van der Waals surface area contributed by atoms with Crippen LogP contribution in [0.15, 0.2) is 24.3 Å². The molecule has 0 unspecified atom stereocenters. The van der Waals surface area contributed by atoms with E-state index in [-0.39, 0.29) is 5.91 Å². The Kier molecular flexibility index (Phi) is 4.61. The fraction of sp³-hybridized carbons (Fsp3) is 0.562. The van der Waals surface area contributed by atoms with Gasteiger partial charge in [-0.2, -0.15) is 0 Å². The topological polar surface area (TPSA) is 23.6 Å². The van der Waals surface area contributed by atoms with Crippen molar-refractivity contribution in [3.63, 3.8) is 0 Å². The van der Waals surface area contributed by atoms with E-state index in [4.69, 9.17) is 0 Å². The van der Waals surface area contributed by atoms with Gasteiger partial charge < -0.3 is 4.90 Å². The molecular weight excluding hydrogens is 363 g/mol. The van der Waals surface area contributed by atoms with Gasteiger partial charge in [0.05, 0.1) is 0 Å². The lowest BCUT2D eigenvalue weighted by Gasteiger charge is -2.36. The Hall–Kier alpha value is -0.620. The molecule has 1 amide bonds. The number of benzene rings is 1. The minimum atomic E-state index is 0.192. The Morgan fingerprint density at radius 1 is 1.00 bits per heavy atom. The molecule has 108 valence electrons. The molecule has 0 bridgehead atoms. The molecule has 0 N–H and O–H groups in total. The first kappa shape index (κ1) is 14.3. The first-order valence-electron chi connectivity index (χ1n) is 7.53. The van der Waals surface area contributed by atoms with E-state index in [9.17, 15) is 4.79 Å². The second kappa shape index (κ2) is 6.43. The Morgan fingerprint density at radius 2 is 1.75 bits per heavy atom. The lowest BCUT2D eigenvalue weighted by atomic mass is 9.91. The summed E-state index contributed by atoms with van der Waals surface area (Å²) in [6.45, 7) is 3.97. The highest BCUT2D eigenvalue weighted by molar-refractivity contribution is 14.1. The van der Waals surface area contributed by atoms with Crippen LogP contribution in [0.3, 0.4) is 0 Å². The molecule has 0 spiro atoms. The molecule has 1 aromatic rings. The van der Waals surface area contributed by atoms with Crippen LogP contribution in [0, 0.1) is 3.57 Å². The van der Waals surface area contributed by atoms with Gasteiger partial charge in [0.2, 0.25) is 0 Å². The van der Waals surface area contributed by atoms with E-state index in [0.717, 1.165) is 44.2 Å². The number of amides is 1. The van der Waals surface area contributed by atoms with Gasteiger partial charge in [0.25, 0.3) is 5.91 Å². The zero-order valence-electron chi connectivity index (χ0n) is 11.7. The third-order valence-electron chi connectivity index (χ3n) is 4.50. The number of halogens is 1. The number of carbonyl (C=O) groups is 1. The fourth-order valence-corrected chi connectivity index (χ4v) is 3.39. The summed E-state index contributed by atoms with van der Waals surface area (Å²) >= 11 is 2.27. The van der Waals surface area contributed by atoms with Gasteiger partial charge in [-0.25, -0.2) is 0 Å². The standard InChI is InChI=1S/C16H21IN2O/c17-14-7-5-13(6-8-14)16(20)19-10-2-9-18(11-12-19)15-3-1-4-15/h5-8,15H,1-4,9-12H2. The summed E-state index contributed by atoms with van der Waals surface area (Å²) in [4.78, 5) is 17.1. The highest BCUT2D eigenvalue weighted by Gasteiger charge is 2.27. The van der Waals surface area contributed by atoms with Gasteiger partial charge in [0.15, 0.2) is 0 Å². The molecule has 1 aliphatic heterocycles. The summed E-state index contributed by atoms with van der Waals surface area (Å²) in [5, 5.41) is 0. The van der Waals surface area contributed by atoms with Crippen molar-refractivity contribution in [1.82, 2.24) is 9.80 Å².